The number of anilines is 1. The topological polar surface area (TPSA) is 119 Å². The third kappa shape index (κ3) is 7.84. The van der Waals surface area contributed by atoms with Gasteiger partial charge in [0.2, 0.25) is 5.91 Å². The third-order valence-electron chi connectivity index (χ3n) is 5.87. The van der Waals surface area contributed by atoms with Crippen molar-refractivity contribution < 1.29 is 29.3 Å². The Labute approximate surface area is 183 Å². The predicted molar refractivity (Wildman–Crippen MR) is 116 cm³/mol. The minimum Gasteiger partial charge on any atom is -0.497 e. The zero-order chi connectivity index (χ0) is 22.8. The first-order valence-corrected chi connectivity index (χ1v) is 10.7. The molecule has 0 radical (unpaired) electrons. The molecule has 9 nitrogen and oxygen atoms in total. The highest BCUT2D eigenvalue weighted by molar-refractivity contribution is 6.27. The van der Waals surface area contributed by atoms with E-state index in [4.69, 9.17) is 24.5 Å². The Morgan fingerprint density at radius 3 is 2.00 bits per heavy atom. The van der Waals surface area contributed by atoms with Crippen LogP contribution in [-0.4, -0.2) is 83.2 Å². The van der Waals surface area contributed by atoms with Crippen LogP contribution in [-0.2, 0) is 14.4 Å². The molecule has 3 N–H and O–H groups in total. The quantitative estimate of drug-likeness (QED) is 0.602. The fourth-order valence-corrected chi connectivity index (χ4v) is 4.01. The number of methoxy groups -OCH3 is 1. The van der Waals surface area contributed by atoms with Crippen molar-refractivity contribution in [2.75, 3.05) is 38.6 Å². The first-order valence-electron chi connectivity index (χ1n) is 10.7. The molecule has 2 aliphatic rings. The van der Waals surface area contributed by atoms with Gasteiger partial charge in [-0.05, 0) is 70.0 Å². The van der Waals surface area contributed by atoms with Crippen LogP contribution in [0.4, 0.5) is 5.69 Å². The van der Waals surface area contributed by atoms with E-state index in [2.05, 4.69) is 15.1 Å². The van der Waals surface area contributed by atoms with E-state index in [1.165, 1.54) is 45.2 Å². The second kappa shape index (κ2) is 12.3. The second-order valence-electron chi connectivity index (χ2n) is 7.87. The lowest BCUT2D eigenvalue weighted by atomic mass is 9.99. The fourth-order valence-electron chi connectivity index (χ4n) is 4.01. The number of likely N-dealkylation sites (tertiary alicyclic amines) is 2. The van der Waals surface area contributed by atoms with Crippen LogP contribution in [0.15, 0.2) is 24.3 Å². The maximum atomic E-state index is 12.6. The molecule has 1 atom stereocenters. The summed E-state index contributed by atoms with van der Waals surface area (Å²) in [4.78, 5) is 35.7. The van der Waals surface area contributed by atoms with Gasteiger partial charge >= 0.3 is 11.9 Å². The molecule has 1 aromatic carbocycles. The molecule has 0 aromatic heterocycles. The summed E-state index contributed by atoms with van der Waals surface area (Å²) < 4.78 is 5.15. The standard InChI is InChI=1S/C20H31N3O2.C2H2O4/c1-16(20(24)21-17-6-8-19(25-2)9-7-17)22-14-10-18(11-15-22)23-12-4-3-5-13-23;3-1(4)2(5)6/h6-9,16,18H,3-5,10-15H2,1-2H3,(H,21,24);(H,3,4)(H,5,6). The maximum absolute atomic E-state index is 12.6. The molecule has 0 spiro atoms. The monoisotopic (exact) mass is 435 g/mol. The number of rotatable bonds is 5. The van der Waals surface area contributed by atoms with Gasteiger partial charge in [0, 0.05) is 24.8 Å². The lowest BCUT2D eigenvalue weighted by molar-refractivity contribution is -0.159. The smallest absolute Gasteiger partial charge is 0.414 e. The van der Waals surface area contributed by atoms with Crippen molar-refractivity contribution in [3.05, 3.63) is 24.3 Å². The molecule has 2 heterocycles. The van der Waals surface area contributed by atoms with Crippen LogP contribution >= 0.6 is 0 Å². The summed E-state index contributed by atoms with van der Waals surface area (Å²) in [5.74, 6) is -2.78. The van der Waals surface area contributed by atoms with Crippen LogP contribution in [0.1, 0.15) is 39.0 Å². The van der Waals surface area contributed by atoms with Gasteiger partial charge in [-0.2, -0.15) is 0 Å². The number of benzene rings is 1. The van der Waals surface area contributed by atoms with E-state index in [1.54, 1.807) is 7.11 Å². The molecule has 0 bridgehead atoms. The van der Waals surface area contributed by atoms with Crippen LogP contribution in [0.25, 0.3) is 0 Å². The highest BCUT2D eigenvalue weighted by atomic mass is 16.5. The van der Waals surface area contributed by atoms with E-state index < -0.39 is 11.9 Å². The lowest BCUT2D eigenvalue weighted by Gasteiger charge is -2.41. The molecule has 1 amide bonds. The highest BCUT2D eigenvalue weighted by Crippen LogP contribution is 2.22. The molecule has 9 heteroatoms. The van der Waals surface area contributed by atoms with E-state index in [1.807, 2.05) is 31.2 Å². The Balaban J connectivity index is 0.000000501. The van der Waals surface area contributed by atoms with Gasteiger partial charge in [-0.3, -0.25) is 9.69 Å². The Kier molecular flexibility index (Phi) is 9.74. The minimum absolute atomic E-state index is 0.0709. The average molecular weight is 436 g/mol. The van der Waals surface area contributed by atoms with Crippen LogP contribution in [0.5, 0.6) is 5.75 Å². The van der Waals surface area contributed by atoms with Gasteiger partial charge in [0.1, 0.15) is 5.75 Å². The molecule has 3 rings (SSSR count). The van der Waals surface area contributed by atoms with Crippen molar-refractivity contribution in [1.82, 2.24) is 9.80 Å². The van der Waals surface area contributed by atoms with Crippen LogP contribution in [0.3, 0.4) is 0 Å². The third-order valence-corrected chi connectivity index (χ3v) is 5.87. The van der Waals surface area contributed by atoms with Crippen LogP contribution < -0.4 is 10.1 Å². The maximum Gasteiger partial charge on any atom is 0.414 e. The predicted octanol–water partition coefficient (Wildman–Crippen LogP) is 2.13. The zero-order valence-corrected chi connectivity index (χ0v) is 18.2. The van der Waals surface area contributed by atoms with E-state index in [0.717, 1.165) is 24.5 Å². The molecule has 172 valence electrons. The Bertz CT molecular complexity index is 713. The number of hydrogen-bond donors (Lipinski definition) is 3. The summed E-state index contributed by atoms with van der Waals surface area (Å²) >= 11 is 0. The number of carbonyl (C=O) groups is 3. The Hall–Kier alpha value is -2.65. The van der Waals surface area contributed by atoms with Crippen molar-refractivity contribution in [1.29, 1.82) is 0 Å². The van der Waals surface area contributed by atoms with E-state index in [-0.39, 0.29) is 11.9 Å². The number of carboxylic acid groups (broad SMARTS) is 2. The summed E-state index contributed by atoms with van der Waals surface area (Å²) in [6.45, 7) is 6.56. The number of carbonyl (C=O) groups excluding carboxylic acids is 1. The normalized spacial score (nSPS) is 18.9. The number of amides is 1. The highest BCUT2D eigenvalue weighted by Gasteiger charge is 2.29. The van der Waals surface area contributed by atoms with Crippen molar-refractivity contribution in [2.24, 2.45) is 0 Å². The summed E-state index contributed by atoms with van der Waals surface area (Å²) in [5.41, 5.74) is 0.820. The zero-order valence-electron chi connectivity index (χ0n) is 18.2. The van der Waals surface area contributed by atoms with Crippen molar-refractivity contribution >= 4 is 23.5 Å². The van der Waals surface area contributed by atoms with E-state index in [0.29, 0.717) is 6.04 Å². The molecule has 2 aliphatic heterocycles. The van der Waals surface area contributed by atoms with Gasteiger partial charge in [-0.1, -0.05) is 6.42 Å². The number of nitrogens with zero attached hydrogens (tertiary/aromatic N) is 2. The summed E-state index contributed by atoms with van der Waals surface area (Å²) in [6.07, 6.45) is 6.44. The molecule has 1 aromatic rings. The van der Waals surface area contributed by atoms with Gasteiger partial charge in [0.25, 0.3) is 0 Å². The van der Waals surface area contributed by atoms with Gasteiger partial charge in [-0.15, -0.1) is 0 Å². The van der Waals surface area contributed by atoms with Crippen molar-refractivity contribution in [2.45, 2.75) is 51.1 Å². The molecule has 0 saturated carbocycles. The van der Waals surface area contributed by atoms with Crippen LogP contribution in [0, 0.1) is 0 Å². The Morgan fingerprint density at radius 2 is 1.52 bits per heavy atom. The molecular formula is C22H33N3O6. The average Bonchev–Trinajstić information content (AvgIpc) is 2.80. The molecule has 31 heavy (non-hydrogen) atoms. The second-order valence-corrected chi connectivity index (χ2v) is 7.87. The van der Waals surface area contributed by atoms with Crippen molar-refractivity contribution in [3.63, 3.8) is 0 Å². The number of ether oxygens (including phenoxy) is 1. The number of carboxylic acids is 2. The Morgan fingerprint density at radius 1 is 0.968 bits per heavy atom. The van der Waals surface area contributed by atoms with Crippen LogP contribution in [0.2, 0.25) is 0 Å². The summed E-state index contributed by atoms with van der Waals surface area (Å²) in [5, 5.41) is 17.8. The molecule has 2 fully saturated rings. The SMILES string of the molecule is COc1ccc(NC(=O)C(C)N2CCC(N3CCCCC3)CC2)cc1.O=C(O)C(=O)O. The molecule has 1 unspecified atom stereocenters. The largest absolute Gasteiger partial charge is 0.497 e. The number of nitrogens with one attached hydrogen (secondary N) is 1. The number of hydrogen-bond acceptors (Lipinski definition) is 6. The van der Waals surface area contributed by atoms with E-state index >= 15 is 0 Å². The van der Waals surface area contributed by atoms with Gasteiger partial charge in [0.05, 0.1) is 13.2 Å². The number of aliphatic carboxylic acids is 2. The van der Waals surface area contributed by atoms with Gasteiger partial charge in [-0.25, -0.2) is 9.59 Å². The van der Waals surface area contributed by atoms with E-state index in [9.17, 15) is 4.79 Å². The lowest BCUT2D eigenvalue weighted by Crippen LogP contribution is -2.51. The number of piperidine rings is 2. The fraction of sp³-hybridized carbons (Fsp3) is 0.591. The molecule has 2 saturated heterocycles. The summed E-state index contributed by atoms with van der Waals surface area (Å²) in [7, 11) is 1.64. The van der Waals surface area contributed by atoms with Gasteiger partial charge < -0.3 is 25.2 Å². The first kappa shape index (κ1) is 24.6. The first-order chi connectivity index (χ1) is 14.8. The van der Waals surface area contributed by atoms with Gasteiger partial charge in [0.15, 0.2) is 0 Å². The molecular weight excluding hydrogens is 402 g/mol. The minimum atomic E-state index is -1.82. The molecule has 0 aliphatic carbocycles. The summed E-state index contributed by atoms with van der Waals surface area (Å²) in [6, 6.07) is 8.12. The van der Waals surface area contributed by atoms with Crippen molar-refractivity contribution in [3.8, 4) is 5.75 Å².